The Hall–Kier alpha value is -1.85. The lowest BCUT2D eigenvalue weighted by molar-refractivity contribution is -0.164. The highest BCUT2D eigenvalue weighted by Crippen LogP contribution is 2.47. The van der Waals surface area contributed by atoms with Gasteiger partial charge in [0.1, 0.15) is 11.4 Å². The van der Waals surface area contributed by atoms with Gasteiger partial charge < -0.3 is 4.74 Å². The fourth-order valence-corrected chi connectivity index (χ4v) is 3.22. The fourth-order valence-electron chi connectivity index (χ4n) is 3.22. The summed E-state index contributed by atoms with van der Waals surface area (Å²) in [5.41, 5.74) is -1.93. The topological polar surface area (TPSA) is 26.3 Å². The molecular formula is C18H20F4O2. The van der Waals surface area contributed by atoms with Crippen molar-refractivity contribution in [3.63, 3.8) is 0 Å². The Morgan fingerprint density at radius 1 is 1.33 bits per heavy atom. The molecule has 132 valence electrons. The maximum atomic E-state index is 14.5. The van der Waals surface area contributed by atoms with Crippen molar-refractivity contribution in [3.8, 4) is 0 Å². The van der Waals surface area contributed by atoms with E-state index in [4.69, 9.17) is 4.74 Å². The van der Waals surface area contributed by atoms with Crippen LogP contribution in [0.2, 0.25) is 0 Å². The zero-order chi connectivity index (χ0) is 18.3. The maximum Gasteiger partial charge on any atom is 0.419 e. The maximum absolute atomic E-state index is 14.5. The van der Waals surface area contributed by atoms with E-state index < -0.39 is 29.1 Å². The molecule has 1 aliphatic carbocycles. The van der Waals surface area contributed by atoms with Crippen molar-refractivity contribution < 1.29 is 27.1 Å². The van der Waals surface area contributed by atoms with Crippen LogP contribution in [-0.2, 0) is 27.7 Å². The van der Waals surface area contributed by atoms with E-state index in [9.17, 15) is 22.4 Å². The molecule has 6 heteroatoms. The molecule has 1 atom stereocenters. The summed E-state index contributed by atoms with van der Waals surface area (Å²) < 4.78 is 58.9. The fraction of sp³-hybridized carbons (Fsp3) is 0.500. The first-order valence-corrected chi connectivity index (χ1v) is 7.78. The lowest BCUT2D eigenvalue weighted by Crippen LogP contribution is -2.41. The molecule has 2 rings (SSSR count). The van der Waals surface area contributed by atoms with Crippen LogP contribution in [-0.4, -0.2) is 5.97 Å². The molecule has 2 nitrogen and oxygen atoms in total. The first kappa shape index (κ1) is 18.5. The first-order chi connectivity index (χ1) is 11.0. The average molecular weight is 344 g/mol. The molecule has 0 spiro atoms. The molecule has 0 aromatic heterocycles. The average Bonchev–Trinajstić information content (AvgIpc) is 2.46. The molecule has 0 saturated heterocycles. The third-order valence-electron chi connectivity index (χ3n) is 4.54. The van der Waals surface area contributed by atoms with Gasteiger partial charge in [0.2, 0.25) is 0 Å². The molecule has 0 N–H and O–H groups in total. The van der Waals surface area contributed by atoms with Gasteiger partial charge in [0.25, 0.3) is 0 Å². The van der Waals surface area contributed by atoms with E-state index in [0.717, 1.165) is 6.07 Å². The number of fused-ring (bicyclic) bond motifs is 1. The highest BCUT2D eigenvalue weighted by molar-refractivity contribution is 5.87. The van der Waals surface area contributed by atoms with Crippen molar-refractivity contribution >= 4 is 5.97 Å². The lowest BCUT2D eigenvalue weighted by atomic mass is 9.72. The third-order valence-corrected chi connectivity index (χ3v) is 4.54. The monoisotopic (exact) mass is 344 g/mol. The second-order valence-electron chi connectivity index (χ2n) is 6.52. The number of carbonyl (C=O) groups excluding carboxylic acids is 1. The van der Waals surface area contributed by atoms with E-state index in [1.165, 1.54) is 13.0 Å². The predicted molar refractivity (Wildman–Crippen MR) is 81.8 cm³/mol. The third kappa shape index (κ3) is 3.06. The van der Waals surface area contributed by atoms with Crippen LogP contribution in [0.25, 0.3) is 0 Å². The molecule has 0 heterocycles. The Kier molecular flexibility index (Phi) is 4.79. The molecule has 0 radical (unpaired) electrons. The summed E-state index contributed by atoms with van der Waals surface area (Å²) in [6.07, 6.45) is -3.70. The number of esters is 1. The van der Waals surface area contributed by atoms with Gasteiger partial charge in [0.05, 0.1) is 5.56 Å². The van der Waals surface area contributed by atoms with Gasteiger partial charge in [0.15, 0.2) is 0 Å². The number of rotatable bonds is 3. The van der Waals surface area contributed by atoms with Crippen LogP contribution < -0.4 is 0 Å². The molecule has 1 aliphatic rings. The van der Waals surface area contributed by atoms with Gasteiger partial charge >= 0.3 is 12.1 Å². The Labute approximate surface area is 138 Å². The van der Waals surface area contributed by atoms with Crippen LogP contribution in [0.3, 0.4) is 0 Å². The number of hydrogen-bond acceptors (Lipinski definition) is 2. The van der Waals surface area contributed by atoms with Crippen molar-refractivity contribution in [3.05, 3.63) is 46.8 Å². The van der Waals surface area contributed by atoms with Crippen molar-refractivity contribution in [1.82, 2.24) is 0 Å². The molecule has 0 amide bonds. The van der Waals surface area contributed by atoms with Gasteiger partial charge in [-0.1, -0.05) is 26.5 Å². The summed E-state index contributed by atoms with van der Waals surface area (Å²) in [6, 6.07) is 1.97. The Morgan fingerprint density at radius 2 is 1.96 bits per heavy atom. The zero-order valence-corrected chi connectivity index (χ0v) is 13.9. The zero-order valence-electron chi connectivity index (χ0n) is 13.9. The van der Waals surface area contributed by atoms with Gasteiger partial charge in [-0.3, -0.25) is 0 Å². The van der Waals surface area contributed by atoms with Crippen molar-refractivity contribution in [1.29, 1.82) is 0 Å². The van der Waals surface area contributed by atoms with Crippen molar-refractivity contribution in [2.75, 3.05) is 0 Å². The van der Waals surface area contributed by atoms with E-state index in [1.54, 1.807) is 13.8 Å². The van der Waals surface area contributed by atoms with Crippen LogP contribution in [0.4, 0.5) is 17.6 Å². The standard InChI is InChI=1S/C18H20F4O2/c1-10(2)16(23)24-17(11(3)4)9-5-6-12-13(17)7-8-14(15(12)19)18(20,21)22/h7-8,11H,1,5-6,9H2,2-4H3. The molecule has 0 aliphatic heterocycles. The quantitative estimate of drug-likeness (QED) is 0.430. The molecule has 1 aromatic rings. The molecule has 0 bridgehead atoms. The van der Waals surface area contributed by atoms with Crippen LogP contribution in [0.1, 0.15) is 50.3 Å². The molecule has 0 saturated carbocycles. The van der Waals surface area contributed by atoms with Gasteiger partial charge in [-0.15, -0.1) is 0 Å². The smallest absolute Gasteiger partial charge is 0.419 e. The van der Waals surface area contributed by atoms with E-state index >= 15 is 0 Å². The van der Waals surface area contributed by atoms with Crippen LogP contribution in [0.15, 0.2) is 24.3 Å². The Balaban J connectivity index is 2.63. The number of hydrogen-bond donors (Lipinski definition) is 0. The van der Waals surface area contributed by atoms with Gasteiger partial charge in [-0.2, -0.15) is 13.2 Å². The number of halogens is 4. The number of alkyl halides is 3. The minimum Gasteiger partial charge on any atom is -0.451 e. The molecular weight excluding hydrogens is 324 g/mol. The van der Waals surface area contributed by atoms with Crippen molar-refractivity contribution in [2.45, 2.75) is 51.8 Å². The highest BCUT2D eigenvalue weighted by atomic mass is 19.4. The normalized spacial score (nSPS) is 20.7. The second-order valence-corrected chi connectivity index (χ2v) is 6.52. The second kappa shape index (κ2) is 6.22. The lowest BCUT2D eigenvalue weighted by Gasteiger charge is -2.42. The molecule has 1 unspecified atom stereocenters. The summed E-state index contributed by atoms with van der Waals surface area (Å²) in [4.78, 5) is 12.0. The summed E-state index contributed by atoms with van der Waals surface area (Å²) in [6.45, 7) is 8.63. The minimum absolute atomic E-state index is 0.0145. The molecule has 24 heavy (non-hydrogen) atoms. The summed E-state index contributed by atoms with van der Waals surface area (Å²) in [5.74, 6) is -2.12. The summed E-state index contributed by atoms with van der Waals surface area (Å²) in [5, 5.41) is 0. The van der Waals surface area contributed by atoms with Gasteiger partial charge in [0, 0.05) is 11.1 Å². The first-order valence-electron chi connectivity index (χ1n) is 7.78. The number of benzene rings is 1. The summed E-state index contributed by atoms with van der Waals surface area (Å²) in [7, 11) is 0. The Bertz CT molecular complexity index is 676. The largest absolute Gasteiger partial charge is 0.451 e. The highest BCUT2D eigenvalue weighted by Gasteiger charge is 2.46. The number of ether oxygens (including phenoxy) is 1. The van der Waals surface area contributed by atoms with Crippen molar-refractivity contribution in [2.24, 2.45) is 5.92 Å². The van der Waals surface area contributed by atoms with E-state index in [-0.39, 0.29) is 23.5 Å². The van der Waals surface area contributed by atoms with E-state index in [0.29, 0.717) is 18.4 Å². The minimum atomic E-state index is -4.76. The van der Waals surface area contributed by atoms with E-state index in [2.05, 4.69) is 6.58 Å². The van der Waals surface area contributed by atoms with Gasteiger partial charge in [-0.05, 0) is 43.7 Å². The molecule has 0 fully saturated rings. The molecule has 1 aromatic carbocycles. The van der Waals surface area contributed by atoms with Crippen LogP contribution >= 0.6 is 0 Å². The van der Waals surface area contributed by atoms with Gasteiger partial charge in [-0.25, -0.2) is 9.18 Å². The van der Waals surface area contributed by atoms with Crippen LogP contribution in [0, 0.1) is 11.7 Å². The number of carbonyl (C=O) groups is 1. The SMILES string of the molecule is C=C(C)C(=O)OC1(C(C)C)CCCc2c1ccc(C(F)(F)F)c2F. The Morgan fingerprint density at radius 3 is 2.46 bits per heavy atom. The predicted octanol–water partition coefficient (Wildman–Crippen LogP) is 5.15. The summed E-state index contributed by atoms with van der Waals surface area (Å²) >= 11 is 0. The van der Waals surface area contributed by atoms with E-state index in [1.807, 2.05) is 0 Å². The van der Waals surface area contributed by atoms with Crippen LogP contribution in [0.5, 0.6) is 0 Å².